The summed E-state index contributed by atoms with van der Waals surface area (Å²) in [6.45, 7) is 2.57. The highest BCUT2D eigenvalue weighted by Gasteiger charge is 2.28. The molecule has 1 aliphatic carbocycles. The molecule has 0 N–H and O–H groups in total. The summed E-state index contributed by atoms with van der Waals surface area (Å²) in [7, 11) is 0. The molecule has 1 amide bonds. The fourth-order valence-electron chi connectivity index (χ4n) is 4.01. The molecule has 5 heteroatoms. The van der Waals surface area contributed by atoms with Crippen LogP contribution in [0.4, 0.5) is 0 Å². The van der Waals surface area contributed by atoms with E-state index in [1.165, 1.54) is 24.1 Å². The van der Waals surface area contributed by atoms with Crippen molar-refractivity contribution in [2.45, 2.75) is 51.3 Å². The van der Waals surface area contributed by atoms with Crippen molar-refractivity contribution in [3.05, 3.63) is 65.8 Å². The van der Waals surface area contributed by atoms with E-state index in [4.69, 9.17) is 4.74 Å². The molecular formula is C22H27N3O2. The molecule has 0 radical (unpaired) electrons. The maximum absolute atomic E-state index is 12.9. The van der Waals surface area contributed by atoms with Crippen molar-refractivity contribution in [1.29, 1.82) is 0 Å². The molecule has 2 aromatic heterocycles. The SMILES string of the molecule is O=C(CC1=CCCCC1)N1Cc2cccn2C(COCc2ccncc2)C1. The van der Waals surface area contributed by atoms with Crippen molar-refractivity contribution in [2.24, 2.45) is 0 Å². The van der Waals surface area contributed by atoms with E-state index in [0.29, 0.717) is 32.7 Å². The molecule has 2 aromatic rings. The summed E-state index contributed by atoms with van der Waals surface area (Å²) < 4.78 is 8.23. The maximum atomic E-state index is 12.9. The van der Waals surface area contributed by atoms with Crippen LogP contribution in [0, 0.1) is 0 Å². The highest BCUT2D eigenvalue weighted by atomic mass is 16.5. The summed E-state index contributed by atoms with van der Waals surface area (Å²) >= 11 is 0. The lowest BCUT2D eigenvalue weighted by molar-refractivity contribution is -0.133. The fraction of sp³-hybridized carbons (Fsp3) is 0.455. The second-order valence-electron chi connectivity index (χ2n) is 7.49. The van der Waals surface area contributed by atoms with E-state index in [1.807, 2.05) is 17.0 Å². The minimum Gasteiger partial charge on any atom is -0.375 e. The van der Waals surface area contributed by atoms with Crippen LogP contribution >= 0.6 is 0 Å². The molecular weight excluding hydrogens is 338 g/mol. The summed E-state index contributed by atoms with van der Waals surface area (Å²) in [5.74, 6) is 0.245. The number of fused-ring (bicyclic) bond motifs is 1. The Morgan fingerprint density at radius 3 is 2.93 bits per heavy atom. The standard InChI is InChI=1S/C22H27N3O2/c26-22(13-18-5-2-1-3-6-18)24-14-20-7-4-12-25(20)21(15-24)17-27-16-19-8-10-23-11-9-19/h4-5,7-12,21H,1-3,6,13-17H2. The Morgan fingerprint density at radius 1 is 1.22 bits per heavy atom. The Balaban J connectivity index is 1.38. The van der Waals surface area contributed by atoms with E-state index < -0.39 is 0 Å². The zero-order valence-corrected chi connectivity index (χ0v) is 15.7. The first-order chi connectivity index (χ1) is 13.3. The van der Waals surface area contributed by atoms with E-state index in [-0.39, 0.29) is 11.9 Å². The molecule has 4 rings (SSSR count). The van der Waals surface area contributed by atoms with Gasteiger partial charge in [-0.05, 0) is 55.5 Å². The Morgan fingerprint density at radius 2 is 2.11 bits per heavy atom. The Labute approximate surface area is 160 Å². The Bertz CT molecular complexity index is 797. The molecule has 2 aliphatic rings. The van der Waals surface area contributed by atoms with Gasteiger partial charge in [-0.3, -0.25) is 9.78 Å². The number of allylic oxidation sites excluding steroid dienone is 1. The highest BCUT2D eigenvalue weighted by Crippen LogP contribution is 2.26. The van der Waals surface area contributed by atoms with Crippen molar-refractivity contribution in [3.63, 3.8) is 0 Å². The van der Waals surface area contributed by atoms with Gasteiger partial charge in [-0.1, -0.05) is 11.6 Å². The number of aromatic nitrogens is 2. The minimum absolute atomic E-state index is 0.162. The van der Waals surface area contributed by atoms with Gasteiger partial charge in [0.05, 0.1) is 25.8 Å². The minimum atomic E-state index is 0.162. The molecule has 0 bridgehead atoms. The zero-order valence-electron chi connectivity index (χ0n) is 15.7. The number of pyridine rings is 1. The Hall–Kier alpha value is -2.40. The first kappa shape index (κ1) is 18.0. The first-order valence-electron chi connectivity index (χ1n) is 9.87. The van der Waals surface area contributed by atoms with E-state index in [1.54, 1.807) is 12.4 Å². The fourth-order valence-corrected chi connectivity index (χ4v) is 4.01. The second kappa shape index (κ2) is 8.53. The van der Waals surface area contributed by atoms with Crippen LogP contribution in [-0.2, 0) is 22.7 Å². The van der Waals surface area contributed by atoms with Gasteiger partial charge in [0.2, 0.25) is 5.91 Å². The predicted molar refractivity (Wildman–Crippen MR) is 104 cm³/mol. The third-order valence-electron chi connectivity index (χ3n) is 5.49. The van der Waals surface area contributed by atoms with Crippen molar-refractivity contribution in [1.82, 2.24) is 14.5 Å². The average molecular weight is 365 g/mol. The molecule has 0 fully saturated rings. The number of ether oxygens (including phenoxy) is 1. The number of carbonyl (C=O) groups is 1. The van der Waals surface area contributed by atoms with Crippen LogP contribution < -0.4 is 0 Å². The normalized spacial score (nSPS) is 19.5. The van der Waals surface area contributed by atoms with Gasteiger partial charge >= 0.3 is 0 Å². The van der Waals surface area contributed by atoms with Gasteiger partial charge in [-0.15, -0.1) is 0 Å². The van der Waals surface area contributed by atoms with Crippen molar-refractivity contribution in [3.8, 4) is 0 Å². The lowest BCUT2D eigenvalue weighted by atomic mass is 9.96. The molecule has 1 atom stereocenters. The van der Waals surface area contributed by atoms with Gasteiger partial charge < -0.3 is 14.2 Å². The quantitative estimate of drug-likeness (QED) is 0.730. The van der Waals surface area contributed by atoms with E-state index in [0.717, 1.165) is 18.4 Å². The van der Waals surface area contributed by atoms with Gasteiger partial charge in [-0.2, -0.15) is 0 Å². The van der Waals surface area contributed by atoms with Gasteiger partial charge in [0.25, 0.3) is 0 Å². The van der Waals surface area contributed by atoms with E-state index in [9.17, 15) is 4.79 Å². The molecule has 1 unspecified atom stereocenters. The van der Waals surface area contributed by atoms with Crippen LogP contribution in [0.1, 0.15) is 49.4 Å². The number of carbonyl (C=O) groups excluding carboxylic acids is 1. The third-order valence-corrected chi connectivity index (χ3v) is 5.49. The maximum Gasteiger partial charge on any atom is 0.227 e. The summed E-state index contributed by atoms with van der Waals surface area (Å²) in [6, 6.07) is 8.26. The largest absolute Gasteiger partial charge is 0.375 e. The number of nitrogens with zero attached hydrogens (tertiary/aromatic N) is 3. The number of amides is 1. The van der Waals surface area contributed by atoms with Crippen LogP contribution in [0.2, 0.25) is 0 Å². The van der Waals surface area contributed by atoms with Crippen molar-refractivity contribution >= 4 is 5.91 Å². The molecule has 0 saturated carbocycles. The monoisotopic (exact) mass is 365 g/mol. The summed E-state index contributed by atoms with van der Waals surface area (Å²) in [6.07, 6.45) is 13.2. The smallest absolute Gasteiger partial charge is 0.227 e. The van der Waals surface area contributed by atoms with Crippen LogP contribution in [-0.4, -0.2) is 33.5 Å². The third kappa shape index (κ3) is 4.48. The number of hydrogen-bond donors (Lipinski definition) is 0. The summed E-state index contributed by atoms with van der Waals surface area (Å²) in [4.78, 5) is 18.9. The van der Waals surface area contributed by atoms with Crippen molar-refractivity contribution < 1.29 is 9.53 Å². The van der Waals surface area contributed by atoms with Gasteiger partial charge in [-0.25, -0.2) is 0 Å². The summed E-state index contributed by atoms with van der Waals surface area (Å²) in [5, 5.41) is 0. The molecule has 0 saturated heterocycles. The van der Waals surface area contributed by atoms with Crippen LogP contribution in [0.25, 0.3) is 0 Å². The lowest BCUT2D eigenvalue weighted by Gasteiger charge is -2.35. The topological polar surface area (TPSA) is 47.4 Å². The van der Waals surface area contributed by atoms with Crippen LogP contribution in [0.15, 0.2) is 54.5 Å². The highest BCUT2D eigenvalue weighted by molar-refractivity contribution is 5.79. The number of rotatable bonds is 6. The van der Waals surface area contributed by atoms with Crippen LogP contribution in [0.5, 0.6) is 0 Å². The molecule has 3 heterocycles. The van der Waals surface area contributed by atoms with E-state index >= 15 is 0 Å². The predicted octanol–water partition coefficient (Wildman–Crippen LogP) is 3.87. The summed E-state index contributed by atoms with van der Waals surface area (Å²) in [5.41, 5.74) is 3.62. The van der Waals surface area contributed by atoms with Gasteiger partial charge in [0, 0.05) is 37.3 Å². The lowest BCUT2D eigenvalue weighted by Crippen LogP contribution is -2.42. The number of hydrogen-bond acceptors (Lipinski definition) is 3. The van der Waals surface area contributed by atoms with Crippen LogP contribution in [0.3, 0.4) is 0 Å². The molecule has 0 spiro atoms. The van der Waals surface area contributed by atoms with Crippen molar-refractivity contribution in [2.75, 3.05) is 13.2 Å². The first-order valence-corrected chi connectivity index (χ1v) is 9.87. The molecule has 142 valence electrons. The second-order valence-corrected chi connectivity index (χ2v) is 7.49. The Kier molecular flexibility index (Phi) is 5.68. The van der Waals surface area contributed by atoms with Gasteiger partial charge in [0.15, 0.2) is 0 Å². The molecule has 27 heavy (non-hydrogen) atoms. The average Bonchev–Trinajstić information content (AvgIpc) is 3.18. The zero-order chi connectivity index (χ0) is 18.5. The molecule has 5 nitrogen and oxygen atoms in total. The van der Waals surface area contributed by atoms with Gasteiger partial charge in [0.1, 0.15) is 0 Å². The molecule has 0 aromatic carbocycles. The molecule has 1 aliphatic heterocycles. The van der Waals surface area contributed by atoms with E-state index in [2.05, 4.69) is 34.0 Å².